The molecule has 150 valence electrons. The van der Waals surface area contributed by atoms with Crippen molar-refractivity contribution in [1.82, 2.24) is 14.9 Å². The second kappa shape index (κ2) is 8.25. The maximum absolute atomic E-state index is 13.2. The zero-order valence-electron chi connectivity index (χ0n) is 15.5. The number of thioether (sulfide) groups is 1. The van der Waals surface area contributed by atoms with Gasteiger partial charge in [-0.1, -0.05) is 41.6 Å². The number of aromatic nitrogens is 3. The predicted molar refractivity (Wildman–Crippen MR) is 117 cm³/mol. The van der Waals surface area contributed by atoms with Crippen molar-refractivity contribution in [3.63, 3.8) is 0 Å². The van der Waals surface area contributed by atoms with Crippen LogP contribution < -0.4 is 15.5 Å². The minimum absolute atomic E-state index is 0.181. The molecule has 1 aliphatic heterocycles. The molecule has 0 radical (unpaired) electrons. The lowest BCUT2D eigenvalue weighted by molar-refractivity contribution is -0.116. The highest BCUT2D eigenvalue weighted by Gasteiger charge is 2.37. The monoisotopic (exact) mass is 493 g/mol. The Bertz CT molecular complexity index is 1080. The first-order chi connectivity index (χ1) is 14.0. The number of amides is 1. The number of nitrogens with one attached hydrogen (secondary N) is 2. The number of benzene rings is 2. The molecule has 7 nitrogen and oxygen atoms in total. The standard InChI is InChI=1S/C19H17BrClN5O2S/c1-10-23-24-19-26(10)25-16(11-7-8-15(28-2)12(20)9-11)17(29-19)18(27)22-14-6-4-3-5-13(14)21/h3-9,16-17,25H,1-2H3,(H,22,27)/t16-,17-/m0/s1. The van der Waals surface area contributed by atoms with E-state index in [4.69, 9.17) is 16.3 Å². The number of carbonyl (C=O) groups excluding carboxylic acids is 1. The molecule has 1 aromatic heterocycles. The van der Waals surface area contributed by atoms with E-state index >= 15 is 0 Å². The van der Waals surface area contributed by atoms with Gasteiger partial charge in [0, 0.05) is 0 Å². The summed E-state index contributed by atoms with van der Waals surface area (Å²) in [6, 6.07) is 12.6. The van der Waals surface area contributed by atoms with E-state index in [-0.39, 0.29) is 11.9 Å². The summed E-state index contributed by atoms with van der Waals surface area (Å²) in [5.74, 6) is 1.25. The van der Waals surface area contributed by atoms with Crippen LogP contribution in [-0.2, 0) is 4.79 Å². The first kappa shape index (κ1) is 20.1. The quantitative estimate of drug-likeness (QED) is 0.559. The molecule has 29 heavy (non-hydrogen) atoms. The molecular formula is C19H17BrClN5O2S. The minimum atomic E-state index is -0.498. The highest BCUT2D eigenvalue weighted by molar-refractivity contribution is 9.10. The number of rotatable bonds is 4. The number of hydrogen-bond acceptors (Lipinski definition) is 6. The lowest BCUT2D eigenvalue weighted by Gasteiger charge is -2.33. The number of nitrogens with zero attached hydrogens (tertiary/aromatic N) is 3. The molecule has 0 spiro atoms. The summed E-state index contributed by atoms with van der Waals surface area (Å²) in [7, 11) is 1.61. The molecule has 2 aromatic carbocycles. The van der Waals surface area contributed by atoms with Crippen LogP contribution in [0.15, 0.2) is 52.1 Å². The van der Waals surface area contributed by atoms with E-state index < -0.39 is 5.25 Å². The minimum Gasteiger partial charge on any atom is -0.496 e. The van der Waals surface area contributed by atoms with E-state index in [9.17, 15) is 4.79 Å². The van der Waals surface area contributed by atoms with Gasteiger partial charge in [-0.3, -0.25) is 4.79 Å². The van der Waals surface area contributed by atoms with Crippen LogP contribution in [-0.4, -0.2) is 33.1 Å². The highest BCUT2D eigenvalue weighted by Crippen LogP contribution is 2.39. The third kappa shape index (κ3) is 3.94. The molecule has 10 heteroatoms. The van der Waals surface area contributed by atoms with Crippen molar-refractivity contribution in [1.29, 1.82) is 0 Å². The fourth-order valence-corrected chi connectivity index (χ4v) is 4.92. The molecule has 0 fully saturated rings. The van der Waals surface area contributed by atoms with Crippen molar-refractivity contribution in [3.8, 4) is 5.75 Å². The summed E-state index contributed by atoms with van der Waals surface area (Å²) >= 11 is 11.1. The van der Waals surface area contributed by atoms with Gasteiger partial charge in [0.2, 0.25) is 11.1 Å². The van der Waals surface area contributed by atoms with Crippen LogP contribution in [0.1, 0.15) is 17.4 Å². The van der Waals surface area contributed by atoms with Crippen molar-refractivity contribution in [2.24, 2.45) is 0 Å². The van der Waals surface area contributed by atoms with E-state index in [0.29, 0.717) is 15.9 Å². The van der Waals surface area contributed by atoms with E-state index in [0.717, 1.165) is 21.6 Å². The highest BCUT2D eigenvalue weighted by atomic mass is 79.9. The van der Waals surface area contributed by atoms with Gasteiger partial charge < -0.3 is 15.5 Å². The van der Waals surface area contributed by atoms with E-state index in [1.54, 1.807) is 23.9 Å². The van der Waals surface area contributed by atoms with Crippen molar-refractivity contribution >= 4 is 50.9 Å². The van der Waals surface area contributed by atoms with Crippen LogP contribution in [0.5, 0.6) is 5.75 Å². The predicted octanol–water partition coefficient (Wildman–Crippen LogP) is 4.41. The number of carbonyl (C=O) groups is 1. The Morgan fingerprint density at radius 3 is 2.83 bits per heavy atom. The molecule has 0 saturated heterocycles. The Labute approximate surface area is 185 Å². The Balaban J connectivity index is 1.70. The maximum Gasteiger partial charge on any atom is 0.240 e. The molecule has 1 amide bonds. The van der Waals surface area contributed by atoms with Gasteiger partial charge in [-0.25, -0.2) is 4.68 Å². The topological polar surface area (TPSA) is 81.1 Å². The smallest absolute Gasteiger partial charge is 0.240 e. The molecule has 2 N–H and O–H groups in total. The van der Waals surface area contributed by atoms with Crippen molar-refractivity contribution in [3.05, 3.63) is 63.3 Å². The number of aryl methyl sites for hydroxylation is 1. The third-order valence-corrected chi connectivity index (χ3v) is 6.69. The molecule has 3 aromatic rings. The lowest BCUT2D eigenvalue weighted by Crippen LogP contribution is -2.41. The lowest BCUT2D eigenvalue weighted by atomic mass is 10.0. The molecule has 4 rings (SSSR count). The molecule has 0 aliphatic carbocycles. The molecule has 2 atom stereocenters. The fraction of sp³-hybridized carbons (Fsp3) is 0.211. The molecule has 0 unspecified atom stereocenters. The van der Waals surface area contributed by atoms with E-state index in [1.807, 2.05) is 37.3 Å². The molecule has 2 heterocycles. The Morgan fingerprint density at radius 1 is 1.31 bits per heavy atom. The Morgan fingerprint density at radius 2 is 2.10 bits per heavy atom. The van der Waals surface area contributed by atoms with Gasteiger partial charge in [-0.05, 0) is 52.7 Å². The van der Waals surface area contributed by atoms with Crippen LogP contribution in [0.2, 0.25) is 5.02 Å². The van der Waals surface area contributed by atoms with Gasteiger partial charge in [-0.15, -0.1) is 10.2 Å². The van der Waals surface area contributed by atoms with E-state index in [2.05, 4.69) is 36.9 Å². The zero-order valence-corrected chi connectivity index (χ0v) is 18.7. The number of hydrogen-bond donors (Lipinski definition) is 2. The number of fused-ring (bicyclic) bond motifs is 1. The van der Waals surface area contributed by atoms with Crippen LogP contribution in [0.4, 0.5) is 5.69 Å². The first-order valence-corrected chi connectivity index (χ1v) is 10.8. The first-order valence-electron chi connectivity index (χ1n) is 8.72. The largest absolute Gasteiger partial charge is 0.496 e. The number of halogens is 2. The number of anilines is 1. The van der Waals surface area contributed by atoms with Crippen LogP contribution in [0.3, 0.4) is 0 Å². The molecular weight excluding hydrogens is 478 g/mol. The van der Waals surface area contributed by atoms with Gasteiger partial charge >= 0.3 is 0 Å². The second-order valence-corrected chi connectivity index (χ2v) is 8.74. The summed E-state index contributed by atoms with van der Waals surface area (Å²) in [5.41, 5.74) is 4.86. The van der Waals surface area contributed by atoms with Gasteiger partial charge in [0.05, 0.1) is 28.3 Å². The van der Waals surface area contributed by atoms with Gasteiger partial charge in [0.15, 0.2) is 0 Å². The summed E-state index contributed by atoms with van der Waals surface area (Å²) in [4.78, 5) is 13.2. The van der Waals surface area contributed by atoms with Gasteiger partial charge in [0.1, 0.15) is 16.8 Å². The second-order valence-electron chi connectivity index (χ2n) is 6.37. The zero-order chi connectivity index (χ0) is 20.5. The third-order valence-electron chi connectivity index (χ3n) is 4.52. The summed E-state index contributed by atoms with van der Waals surface area (Å²) < 4.78 is 7.93. The summed E-state index contributed by atoms with van der Waals surface area (Å²) in [6.07, 6.45) is 0. The van der Waals surface area contributed by atoms with Crippen molar-refractivity contribution < 1.29 is 9.53 Å². The van der Waals surface area contributed by atoms with Crippen molar-refractivity contribution in [2.45, 2.75) is 23.4 Å². The molecule has 0 saturated carbocycles. The normalized spacial score (nSPS) is 17.9. The summed E-state index contributed by atoms with van der Waals surface area (Å²) in [5, 5.41) is 11.8. The Kier molecular flexibility index (Phi) is 5.71. The van der Waals surface area contributed by atoms with Gasteiger partial charge in [0.25, 0.3) is 0 Å². The molecule has 1 aliphatic rings. The van der Waals surface area contributed by atoms with Crippen LogP contribution in [0.25, 0.3) is 0 Å². The maximum atomic E-state index is 13.2. The molecule has 0 bridgehead atoms. The van der Waals surface area contributed by atoms with E-state index in [1.165, 1.54) is 11.8 Å². The van der Waals surface area contributed by atoms with Crippen LogP contribution in [0, 0.1) is 6.92 Å². The fourth-order valence-electron chi connectivity index (χ4n) is 3.05. The SMILES string of the molecule is COc1ccc([C@@H]2Nn3c(C)nnc3S[C@@H]2C(=O)Nc2ccccc2Cl)cc1Br. The number of para-hydroxylation sites is 1. The number of methoxy groups -OCH3 is 1. The summed E-state index contributed by atoms with van der Waals surface area (Å²) in [6.45, 7) is 1.86. The van der Waals surface area contributed by atoms with Gasteiger partial charge in [-0.2, -0.15) is 0 Å². The average molecular weight is 495 g/mol. The Hall–Kier alpha value is -2.23. The average Bonchev–Trinajstić information content (AvgIpc) is 3.08. The number of ether oxygens (including phenoxy) is 1. The van der Waals surface area contributed by atoms with Crippen LogP contribution >= 0.6 is 39.3 Å². The van der Waals surface area contributed by atoms with Crippen molar-refractivity contribution in [2.75, 3.05) is 17.9 Å².